The minimum absolute atomic E-state index is 0.0123. The van der Waals surface area contributed by atoms with E-state index in [1.54, 1.807) is 0 Å². The maximum atomic E-state index is 14.7. The predicted molar refractivity (Wildman–Crippen MR) is 103 cm³/mol. The summed E-state index contributed by atoms with van der Waals surface area (Å²) in [5.41, 5.74) is -0.303. The molecule has 7 heteroatoms. The number of hydrogen-bond donors (Lipinski definition) is 1. The lowest BCUT2D eigenvalue weighted by Gasteiger charge is -2.45. The smallest absolute Gasteiger partial charge is 0.330 e. The molecule has 0 spiro atoms. The third kappa shape index (κ3) is 5.28. The van der Waals surface area contributed by atoms with Gasteiger partial charge in [-0.3, -0.25) is 10.1 Å². The van der Waals surface area contributed by atoms with E-state index in [1.807, 2.05) is 0 Å². The van der Waals surface area contributed by atoms with Crippen LogP contribution >= 0.6 is 0 Å². The standard InChI is InChI=1S/C20H27FN2O4/c1-19(2)10-14(11-20(3,4)12-19)22-15-8-6-13(7-9-16(24)27-5)17(21)18(15)23(25)26/h6-9,14,22H,10-12H2,1-5H3/b9-7+. The number of carbonyl (C=O) groups is 1. The molecule has 0 radical (unpaired) electrons. The van der Waals surface area contributed by atoms with Gasteiger partial charge in [0.2, 0.25) is 5.82 Å². The van der Waals surface area contributed by atoms with E-state index in [-0.39, 0.29) is 28.1 Å². The molecule has 1 N–H and O–H groups in total. The van der Waals surface area contributed by atoms with E-state index in [0.29, 0.717) is 0 Å². The van der Waals surface area contributed by atoms with Crippen molar-refractivity contribution in [3.05, 3.63) is 39.7 Å². The molecular weight excluding hydrogens is 351 g/mol. The number of halogens is 1. The van der Waals surface area contributed by atoms with Crippen LogP contribution in [0.25, 0.3) is 6.08 Å². The van der Waals surface area contributed by atoms with Gasteiger partial charge in [0.1, 0.15) is 5.69 Å². The molecule has 0 amide bonds. The number of nitrogens with one attached hydrogen (secondary N) is 1. The highest BCUT2D eigenvalue weighted by atomic mass is 19.1. The number of nitro groups is 1. The van der Waals surface area contributed by atoms with Crippen LogP contribution in [0.1, 0.15) is 52.5 Å². The van der Waals surface area contributed by atoms with Crippen molar-refractivity contribution < 1.29 is 18.8 Å². The molecule has 0 aliphatic heterocycles. The molecule has 148 valence electrons. The van der Waals surface area contributed by atoms with Crippen LogP contribution in [0.3, 0.4) is 0 Å². The van der Waals surface area contributed by atoms with Crippen LogP contribution in [0.15, 0.2) is 18.2 Å². The summed E-state index contributed by atoms with van der Waals surface area (Å²) in [5, 5.41) is 14.7. The van der Waals surface area contributed by atoms with Crippen molar-refractivity contribution in [2.45, 2.75) is 53.0 Å². The molecule has 0 atom stereocenters. The number of methoxy groups -OCH3 is 1. The second-order valence-electron chi connectivity index (χ2n) is 8.73. The lowest BCUT2D eigenvalue weighted by atomic mass is 9.63. The molecule has 27 heavy (non-hydrogen) atoms. The van der Waals surface area contributed by atoms with E-state index >= 15 is 0 Å². The zero-order chi connectivity index (χ0) is 20.4. The van der Waals surface area contributed by atoms with Crippen molar-refractivity contribution in [3.8, 4) is 0 Å². The Kier molecular flexibility index (Phi) is 5.92. The van der Waals surface area contributed by atoms with Crippen molar-refractivity contribution in [2.24, 2.45) is 10.8 Å². The quantitative estimate of drug-likeness (QED) is 0.340. The molecule has 6 nitrogen and oxygen atoms in total. The molecule has 1 saturated carbocycles. The van der Waals surface area contributed by atoms with Gasteiger partial charge in [0.15, 0.2) is 0 Å². The zero-order valence-corrected chi connectivity index (χ0v) is 16.5. The summed E-state index contributed by atoms with van der Waals surface area (Å²) in [7, 11) is 1.20. The number of nitro benzene ring substituents is 1. The third-order valence-corrected chi connectivity index (χ3v) is 4.84. The number of rotatable bonds is 5. The fourth-order valence-electron chi connectivity index (χ4n) is 4.40. The highest BCUT2D eigenvalue weighted by Gasteiger charge is 2.39. The van der Waals surface area contributed by atoms with Crippen LogP contribution in [0.4, 0.5) is 15.8 Å². The van der Waals surface area contributed by atoms with Crippen molar-refractivity contribution in [1.29, 1.82) is 0 Å². The van der Waals surface area contributed by atoms with Gasteiger partial charge in [-0.15, -0.1) is 0 Å². The van der Waals surface area contributed by atoms with Crippen LogP contribution in [-0.2, 0) is 9.53 Å². The van der Waals surface area contributed by atoms with Crippen LogP contribution in [0.5, 0.6) is 0 Å². The number of hydrogen-bond acceptors (Lipinski definition) is 5. The molecule has 1 aromatic carbocycles. The van der Waals surface area contributed by atoms with E-state index in [9.17, 15) is 19.3 Å². The summed E-state index contributed by atoms with van der Waals surface area (Å²) in [6.07, 6.45) is 4.95. The fourth-order valence-corrected chi connectivity index (χ4v) is 4.40. The van der Waals surface area contributed by atoms with Gasteiger partial charge in [0.25, 0.3) is 0 Å². The maximum Gasteiger partial charge on any atom is 0.330 e. The SMILES string of the molecule is COC(=O)/C=C/c1ccc(NC2CC(C)(C)CC(C)(C)C2)c([N+](=O)[O-])c1F. The topological polar surface area (TPSA) is 81.5 Å². The first-order chi connectivity index (χ1) is 12.4. The highest BCUT2D eigenvalue weighted by molar-refractivity contribution is 5.87. The van der Waals surface area contributed by atoms with Crippen LogP contribution < -0.4 is 5.32 Å². The first-order valence-electron chi connectivity index (χ1n) is 8.93. The Morgan fingerprint density at radius 3 is 2.41 bits per heavy atom. The first kappa shape index (κ1) is 20.9. The summed E-state index contributed by atoms with van der Waals surface area (Å²) in [5.74, 6) is -1.63. The van der Waals surface area contributed by atoms with Gasteiger partial charge in [-0.1, -0.05) is 27.7 Å². The highest BCUT2D eigenvalue weighted by Crippen LogP contribution is 2.47. The summed E-state index contributed by atoms with van der Waals surface area (Å²) in [6, 6.07) is 2.93. The van der Waals surface area contributed by atoms with Crippen molar-refractivity contribution in [3.63, 3.8) is 0 Å². The summed E-state index contributed by atoms with van der Waals surface area (Å²) < 4.78 is 19.2. The van der Waals surface area contributed by atoms with Gasteiger partial charge in [-0.25, -0.2) is 4.79 Å². The van der Waals surface area contributed by atoms with Gasteiger partial charge in [-0.2, -0.15) is 4.39 Å². The number of carbonyl (C=O) groups excluding carboxylic acids is 1. The minimum atomic E-state index is -0.973. The van der Waals surface area contributed by atoms with Gasteiger partial charge in [-0.05, 0) is 48.3 Å². The van der Waals surface area contributed by atoms with E-state index in [2.05, 4.69) is 37.7 Å². The monoisotopic (exact) mass is 378 g/mol. The van der Waals surface area contributed by atoms with E-state index in [4.69, 9.17) is 0 Å². The van der Waals surface area contributed by atoms with Crippen molar-refractivity contribution in [2.75, 3.05) is 12.4 Å². The third-order valence-electron chi connectivity index (χ3n) is 4.84. The van der Waals surface area contributed by atoms with Crippen LogP contribution in [-0.4, -0.2) is 24.0 Å². The Morgan fingerprint density at radius 1 is 1.30 bits per heavy atom. The summed E-state index contributed by atoms with van der Waals surface area (Å²) in [4.78, 5) is 22.0. The molecule has 0 bridgehead atoms. The van der Waals surface area contributed by atoms with Gasteiger partial charge >= 0.3 is 11.7 Å². The first-order valence-corrected chi connectivity index (χ1v) is 8.93. The second-order valence-corrected chi connectivity index (χ2v) is 8.73. The molecule has 1 aliphatic rings. The fraction of sp³-hybridized carbons (Fsp3) is 0.550. The Hall–Kier alpha value is -2.44. The normalized spacial score (nSPS) is 19.0. The Morgan fingerprint density at radius 2 is 1.89 bits per heavy atom. The average Bonchev–Trinajstić information content (AvgIpc) is 2.50. The maximum absolute atomic E-state index is 14.7. The van der Waals surface area contributed by atoms with E-state index in [0.717, 1.165) is 25.3 Å². The van der Waals surface area contributed by atoms with Gasteiger partial charge in [0.05, 0.1) is 12.0 Å². The molecular formula is C20H27FN2O4. The molecule has 0 aromatic heterocycles. The van der Waals surface area contributed by atoms with E-state index in [1.165, 1.54) is 25.3 Å². The molecule has 0 unspecified atom stereocenters. The lowest BCUT2D eigenvalue weighted by molar-refractivity contribution is -0.386. The largest absolute Gasteiger partial charge is 0.466 e. The molecule has 1 fully saturated rings. The van der Waals surface area contributed by atoms with Crippen molar-refractivity contribution >= 4 is 23.4 Å². The summed E-state index contributed by atoms with van der Waals surface area (Å²) >= 11 is 0. The zero-order valence-electron chi connectivity index (χ0n) is 16.5. The van der Waals surface area contributed by atoms with Crippen LogP contribution in [0.2, 0.25) is 0 Å². The predicted octanol–water partition coefficient (Wildman–Crippen LogP) is 4.94. The van der Waals surface area contributed by atoms with Gasteiger partial charge < -0.3 is 10.1 Å². The number of ether oxygens (including phenoxy) is 1. The number of anilines is 1. The van der Waals surface area contributed by atoms with Gasteiger partial charge in [0, 0.05) is 17.7 Å². The van der Waals surface area contributed by atoms with E-state index < -0.39 is 22.4 Å². The molecule has 1 aliphatic carbocycles. The second kappa shape index (κ2) is 7.66. The number of nitrogens with zero attached hydrogens (tertiary/aromatic N) is 1. The molecule has 0 saturated heterocycles. The number of esters is 1. The number of benzene rings is 1. The Labute approximate surface area is 158 Å². The average molecular weight is 378 g/mol. The molecule has 0 heterocycles. The molecule has 1 aromatic rings. The summed E-state index contributed by atoms with van der Waals surface area (Å²) in [6.45, 7) is 8.72. The lowest BCUT2D eigenvalue weighted by Crippen LogP contribution is -2.40. The minimum Gasteiger partial charge on any atom is -0.466 e. The molecule has 2 rings (SSSR count). The Bertz CT molecular complexity index is 755. The van der Waals surface area contributed by atoms with Crippen LogP contribution in [0, 0.1) is 26.8 Å². The Balaban J connectivity index is 2.34. The van der Waals surface area contributed by atoms with Crippen molar-refractivity contribution in [1.82, 2.24) is 0 Å².